The number of piperidine rings is 1. The molecule has 3 heterocycles. The van der Waals surface area contributed by atoms with Crippen LogP contribution >= 0.6 is 11.6 Å². The van der Waals surface area contributed by atoms with E-state index >= 15 is 0 Å². The number of hydrogen-bond acceptors (Lipinski definition) is 8. The summed E-state index contributed by atoms with van der Waals surface area (Å²) in [6.45, 7) is 2.04. The van der Waals surface area contributed by atoms with Crippen LogP contribution in [0.4, 0.5) is 22.1 Å². The highest BCUT2D eigenvalue weighted by molar-refractivity contribution is 7.90. The topological polar surface area (TPSA) is 125 Å². The number of anilines is 3. The molecule has 1 aromatic carbocycles. The van der Waals surface area contributed by atoms with E-state index in [1.54, 1.807) is 6.07 Å². The molecule has 10 nitrogen and oxygen atoms in total. The first-order chi connectivity index (χ1) is 14.7. The lowest BCUT2D eigenvalue weighted by Gasteiger charge is -2.40. The van der Waals surface area contributed by atoms with Crippen molar-refractivity contribution in [3.05, 3.63) is 29.5 Å². The number of hydrogen-bond donors (Lipinski definition) is 2. The number of ether oxygens (including phenoxy) is 1. The molecule has 4 rings (SSSR count). The highest BCUT2D eigenvalue weighted by Gasteiger charge is 2.32. The molecule has 1 saturated heterocycles. The molecule has 12 heteroatoms. The minimum atomic E-state index is -3.37. The quantitative estimate of drug-likeness (QED) is 0.697. The third kappa shape index (κ3) is 4.47. The van der Waals surface area contributed by atoms with Crippen LogP contribution < -0.4 is 15.0 Å². The molecule has 0 unspecified atom stereocenters. The van der Waals surface area contributed by atoms with Gasteiger partial charge in [-0.3, -0.25) is 0 Å². The second kappa shape index (κ2) is 8.39. The van der Waals surface area contributed by atoms with E-state index in [2.05, 4.69) is 20.2 Å². The first-order valence-electron chi connectivity index (χ1n) is 9.73. The molecule has 1 fully saturated rings. The van der Waals surface area contributed by atoms with Crippen LogP contribution in [0.1, 0.15) is 12.8 Å². The molecule has 1 aromatic heterocycles. The molecule has 2 aliphatic heterocycles. The van der Waals surface area contributed by atoms with Gasteiger partial charge in [0.25, 0.3) is 0 Å². The molecule has 0 bridgehead atoms. The molecule has 0 radical (unpaired) electrons. The minimum Gasteiger partial charge on any atom is -0.485 e. The zero-order valence-corrected chi connectivity index (χ0v) is 18.4. The van der Waals surface area contributed by atoms with Crippen LogP contribution in [0.5, 0.6) is 5.75 Å². The Bertz CT molecular complexity index is 1100. The fourth-order valence-electron chi connectivity index (χ4n) is 3.82. The van der Waals surface area contributed by atoms with Crippen molar-refractivity contribution in [2.24, 2.45) is 0 Å². The van der Waals surface area contributed by atoms with Crippen LogP contribution in [0.3, 0.4) is 0 Å². The molecule has 2 aliphatic rings. The van der Waals surface area contributed by atoms with Gasteiger partial charge in [-0.05, 0) is 31.0 Å². The largest absolute Gasteiger partial charge is 0.485 e. The zero-order valence-electron chi connectivity index (χ0n) is 16.8. The standard InChI is InChI=1S/C19H22ClN5O5S/c1-31(28,29)13-2-3-15(14(20)10-13)23-17-16-18(22-11-21-17)25(8-9-30-16)12-4-6-24(7-5-12)19(26)27/h2-3,10-12H,4-9H2,1H3,(H,26,27)(H,21,22,23). The lowest BCUT2D eigenvalue weighted by molar-refractivity contribution is 0.130. The van der Waals surface area contributed by atoms with Gasteiger partial charge in [0.2, 0.25) is 5.75 Å². The fraction of sp³-hybridized carbons (Fsp3) is 0.421. The normalized spacial score (nSPS) is 17.1. The van der Waals surface area contributed by atoms with E-state index in [1.807, 2.05) is 0 Å². The van der Waals surface area contributed by atoms with Crippen molar-refractivity contribution in [2.75, 3.05) is 42.7 Å². The molecule has 31 heavy (non-hydrogen) atoms. The highest BCUT2D eigenvalue weighted by Crippen LogP contribution is 2.39. The number of nitrogens with zero attached hydrogens (tertiary/aromatic N) is 4. The van der Waals surface area contributed by atoms with E-state index < -0.39 is 15.9 Å². The summed E-state index contributed by atoms with van der Waals surface area (Å²) in [5.74, 6) is 1.55. The maximum Gasteiger partial charge on any atom is 0.407 e. The van der Waals surface area contributed by atoms with Crippen molar-refractivity contribution in [1.82, 2.24) is 14.9 Å². The number of halogens is 1. The van der Waals surface area contributed by atoms with Crippen molar-refractivity contribution in [3.8, 4) is 5.75 Å². The van der Waals surface area contributed by atoms with E-state index in [9.17, 15) is 18.3 Å². The Morgan fingerprint density at radius 3 is 2.65 bits per heavy atom. The van der Waals surface area contributed by atoms with Gasteiger partial charge < -0.3 is 25.0 Å². The van der Waals surface area contributed by atoms with Crippen LogP contribution in [-0.4, -0.2) is 73.0 Å². The highest BCUT2D eigenvalue weighted by atomic mass is 35.5. The van der Waals surface area contributed by atoms with Gasteiger partial charge in [0.15, 0.2) is 21.5 Å². The molecule has 2 aromatic rings. The number of rotatable bonds is 4. The van der Waals surface area contributed by atoms with Gasteiger partial charge in [-0.25, -0.2) is 23.2 Å². The first-order valence-corrected chi connectivity index (χ1v) is 12.0. The van der Waals surface area contributed by atoms with Crippen molar-refractivity contribution >= 4 is 44.9 Å². The molecule has 0 aliphatic carbocycles. The minimum absolute atomic E-state index is 0.128. The maximum atomic E-state index is 11.7. The Kier molecular flexibility index (Phi) is 5.80. The number of carbonyl (C=O) groups is 1. The average Bonchev–Trinajstić information content (AvgIpc) is 2.74. The smallest absolute Gasteiger partial charge is 0.407 e. The molecular weight excluding hydrogens is 446 g/mol. The van der Waals surface area contributed by atoms with Gasteiger partial charge in [-0.1, -0.05) is 11.6 Å². The third-order valence-electron chi connectivity index (χ3n) is 5.43. The van der Waals surface area contributed by atoms with Gasteiger partial charge in [-0.15, -0.1) is 0 Å². The molecule has 2 N–H and O–H groups in total. The van der Waals surface area contributed by atoms with Crippen molar-refractivity contribution in [2.45, 2.75) is 23.8 Å². The Morgan fingerprint density at radius 2 is 2.00 bits per heavy atom. The second-order valence-corrected chi connectivity index (χ2v) is 9.88. The van der Waals surface area contributed by atoms with Crippen LogP contribution in [0.15, 0.2) is 29.4 Å². The van der Waals surface area contributed by atoms with Crippen molar-refractivity contribution in [3.63, 3.8) is 0 Å². The summed E-state index contributed by atoms with van der Waals surface area (Å²) in [4.78, 5) is 23.6. The lowest BCUT2D eigenvalue weighted by atomic mass is 10.0. The van der Waals surface area contributed by atoms with Crippen LogP contribution in [0, 0.1) is 0 Å². The molecule has 0 atom stereocenters. The van der Waals surface area contributed by atoms with Crippen LogP contribution in [0.25, 0.3) is 0 Å². The summed E-state index contributed by atoms with van der Waals surface area (Å²) in [6.07, 6.45) is 3.06. The van der Waals surface area contributed by atoms with E-state index in [1.165, 1.54) is 23.4 Å². The van der Waals surface area contributed by atoms with Crippen LogP contribution in [-0.2, 0) is 9.84 Å². The summed E-state index contributed by atoms with van der Waals surface area (Å²) < 4.78 is 29.3. The van der Waals surface area contributed by atoms with Gasteiger partial charge in [0, 0.05) is 25.4 Å². The van der Waals surface area contributed by atoms with E-state index in [-0.39, 0.29) is 16.0 Å². The number of aromatic nitrogens is 2. The van der Waals surface area contributed by atoms with Crippen LogP contribution in [0.2, 0.25) is 5.02 Å². The second-order valence-electron chi connectivity index (χ2n) is 7.46. The Hall–Kier alpha value is -2.79. The monoisotopic (exact) mass is 467 g/mol. The third-order valence-corrected chi connectivity index (χ3v) is 6.86. The summed E-state index contributed by atoms with van der Waals surface area (Å²) in [6, 6.07) is 4.59. The first kappa shape index (κ1) is 21.4. The summed E-state index contributed by atoms with van der Waals surface area (Å²) in [5, 5.41) is 12.5. The maximum absolute atomic E-state index is 11.7. The lowest BCUT2D eigenvalue weighted by Crippen LogP contribution is -2.49. The fourth-order valence-corrected chi connectivity index (χ4v) is 4.76. The molecule has 166 valence electrons. The van der Waals surface area contributed by atoms with Gasteiger partial charge >= 0.3 is 6.09 Å². The summed E-state index contributed by atoms with van der Waals surface area (Å²) >= 11 is 6.28. The summed E-state index contributed by atoms with van der Waals surface area (Å²) in [5.41, 5.74) is 0.491. The average molecular weight is 468 g/mol. The van der Waals surface area contributed by atoms with Crippen molar-refractivity contribution < 1.29 is 23.1 Å². The number of carboxylic acid groups (broad SMARTS) is 1. The predicted octanol–water partition coefficient (Wildman–Crippen LogP) is 2.62. The van der Waals surface area contributed by atoms with E-state index in [4.69, 9.17) is 16.3 Å². The van der Waals surface area contributed by atoms with E-state index in [0.717, 1.165) is 6.26 Å². The molecular formula is C19H22ClN5O5S. The van der Waals surface area contributed by atoms with E-state index in [0.29, 0.717) is 62.2 Å². The SMILES string of the molecule is CS(=O)(=O)c1ccc(Nc2ncnc3c2OCCN3C2CCN(C(=O)O)CC2)c(Cl)c1. The molecule has 0 spiro atoms. The van der Waals surface area contributed by atoms with Crippen molar-refractivity contribution in [1.29, 1.82) is 0 Å². The van der Waals surface area contributed by atoms with Gasteiger partial charge in [-0.2, -0.15) is 0 Å². The summed E-state index contributed by atoms with van der Waals surface area (Å²) in [7, 11) is -3.37. The Morgan fingerprint density at radius 1 is 1.26 bits per heavy atom. The van der Waals surface area contributed by atoms with Gasteiger partial charge in [0.05, 0.1) is 22.2 Å². The zero-order chi connectivity index (χ0) is 22.2. The number of benzene rings is 1. The number of sulfone groups is 1. The number of fused-ring (bicyclic) bond motifs is 1. The number of amides is 1. The Balaban J connectivity index is 1.57. The predicted molar refractivity (Wildman–Crippen MR) is 115 cm³/mol. The Labute approximate surface area is 184 Å². The molecule has 0 saturated carbocycles. The number of likely N-dealkylation sites (tertiary alicyclic amines) is 1. The number of nitrogens with one attached hydrogen (secondary N) is 1. The molecule has 1 amide bonds. The van der Waals surface area contributed by atoms with Gasteiger partial charge in [0.1, 0.15) is 12.9 Å².